The average molecular weight is 441 g/mol. The standard InChI is InChI=1S/C26H30F2N2O2/c1-7-16(4)13-22(28)19-12-11-18(26(31)30-25(29)15(2)3)14-20(19)17(5)24-21(27)9-8-10-23(24)32-6/h8-16H,5,7H2,1-4,6H3,(H2,29,30,31)/b22-13+. The van der Waals surface area contributed by atoms with Crippen molar-refractivity contribution in [3.63, 3.8) is 0 Å². The van der Waals surface area contributed by atoms with E-state index < -0.39 is 17.6 Å². The van der Waals surface area contributed by atoms with Crippen molar-refractivity contribution >= 4 is 23.1 Å². The van der Waals surface area contributed by atoms with E-state index in [2.05, 4.69) is 11.6 Å². The number of aliphatic imine (C=N–C) groups is 1. The third-order valence-electron chi connectivity index (χ3n) is 5.24. The summed E-state index contributed by atoms with van der Waals surface area (Å²) in [4.78, 5) is 16.6. The Bertz CT molecular complexity index is 1070. The number of amidine groups is 1. The van der Waals surface area contributed by atoms with Crippen LogP contribution in [0.2, 0.25) is 0 Å². The molecule has 0 spiro atoms. The molecule has 6 heteroatoms. The van der Waals surface area contributed by atoms with Crippen molar-refractivity contribution in [2.75, 3.05) is 7.11 Å². The van der Waals surface area contributed by atoms with E-state index in [1.165, 1.54) is 43.5 Å². The van der Waals surface area contributed by atoms with Gasteiger partial charge in [-0.1, -0.05) is 46.4 Å². The van der Waals surface area contributed by atoms with Crippen molar-refractivity contribution in [2.45, 2.75) is 34.1 Å². The minimum absolute atomic E-state index is 0.00383. The van der Waals surface area contributed by atoms with Crippen molar-refractivity contribution in [1.82, 2.24) is 0 Å². The molecule has 0 aromatic heterocycles. The van der Waals surface area contributed by atoms with Crippen LogP contribution in [0.25, 0.3) is 11.4 Å². The minimum atomic E-state index is -0.566. The Morgan fingerprint density at radius 1 is 1.22 bits per heavy atom. The van der Waals surface area contributed by atoms with Crippen molar-refractivity contribution in [3.8, 4) is 5.75 Å². The number of rotatable bonds is 8. The average Bonchev–Trinajstić information content (AvgIpc) is 2.77. The van der Waals surface area contributed by atoms with Crippen LogP contribution in [0.15, 0.2) is 54.0 Å². The lowest BCUT2D eigenvalue weighted by molar-refractivity contribution is 0.100. The van der Waals surface area contributed by atoms with Gasteiger partial charge in [-0.2, -0.15) is 4.99 Å². The van der Waals surface area contributed by atoms with Crippen molar-refractivity contribution in [2.24, 2.45) is 22.6 Å². The first-order chi connectivity index (χ1) is 15.1. The fourth-order valence-electron chi connectivity index (χ4n) is 3.01. The minimum Gasteiger partial charge on any atom is -0.496 e. The highest BCUT2D eigenvalue weighted by atomic mass is 19.1. The predicted molar refractivity (Wildman–Crippen MR) is 127 cm³/mol. The second-order valence-corrected chi connectivity index (χ2v) is 7.95. The first-order valence-electron chi connectivity index (χ1n) is 10.5. The fraction of sp³-hybridized carbons (Fsp3) is 0.308. The van der Waals surface area contributed by atoms with Gasteiger partial charge in [-0.05, 0) is 53.8 Å². The molecule has 0 radical (unpaired) electrons. The van der Waals surface area contributed by atoms with Gasteiger partial charge in [0.25, 0.3) is 5.91 Å². The summed E-state index contributed by atoms with van der Waals surface area (Å²) in [5.41, 5.74) is 6.79. The topological polar surface area (TPSA) is 64.7 Å². The molecule has 2 rings (SSSR count). The number of methoxy groups -OCH3 is 1. The van der Waals surface area contributed by atoms with Crippen LogP contribution in [-0.2, 0) is 0 Å². The first kappa shape index (κ1) is 25.0. The molecule has 1 unspecified atom stereocenters. The number of nitrogens with zero attached hydrogens (tertiary/aromatic N) is 1. The highest BCUT2D eigenvalue weighted by molar-refractivity contribution is 6.04. The third kappa shape index (κ3) is 5.69. The van der Waals surface area contributed by atoms with Gasteiger partial charge in [-0.15, -0.1) is 0 Å². The van der Waals surface area contributed by atoms with Gasteiger partial charge in [0.1, 0.15) is 23.2 Å². The molecule has 32 heavy (non-hydrogen) atoms. The number of carbonyl (C=O) groups excluding carboxylic acids is 1. The van der Waals surface area contributed by atoms with Gasteiger partial charge in [0.2, 0.25) is 0 Å². The van der Waals surface area contributed by atoms with Gasteiger partial charge in [0.05, 0.1) is 12.7 Å². The van der Waals surface area contributed by atoms with Crippen LogP contribution < -0.4 is 10.5 Å². The van der Waals surface area contributed by atoms with Crippen LogP contribution in [-0.4, -0.2) is 18.9 Å². The lowest BCUT2D eigenvalue weighted by atomic mass is 9.91. The molecule has 0 saturated carbocycles. The van der Waals surface area contributed by atoms with E-state index >= 15 is 4.39 Å². The normalized spacial score (nSPS) is 13.2. The number of halogens is 2. The lowest BCUT2D eigenvalue weighted by Crippen LogP contribution is -2.20. The smallest absolute Gasteiger partial charge is 0.278 e. The Kier molecular flexibility index (Phi) is 8.47. The van der Waals surface area contributed by atoms with Gasteiger partial charge < -0.3 is 10.5 Å². The van der Waals surface area contributed by atoms with Crippen molar-refractivity contribution in [1.29, 1.82) is 0 Å². The number of hydrogen-bond acceptors (Lipinski definition) is 2. The molecule has 0 aliphatic carbocycles. The van der Waals surface area contributed by atoms with Gasteiger partial charge in [-0.3, -0.25) is 4.79 Å². The highest BCUT2D eigenvalue weighted by Gasteiger charge is 2.20. The Morgan fingerprint density at radius 2 is 1.91 bits per heavy atom. The maximum absolute atomic E-state index is 15.2. The molecule has 0 heterocycles. The third-order valence-corrected chi connectivity index (χ3v) is 5.24. The van der Waals surface area contributed by atoms with Gasteiger partial charge >= 0.3 is 0 Å². The van der Waals surface area contributed by atoms with E-state index in [0.29, 0.717) is 0 Å². The zero-order chi connectivity index (χ0) is 24.0. The summed E-state index contributed by atoms with van der Waals surface area (Å²) >= 11 is 0. The molecule has 1 amide bonds. The molecule has 2 aromatic rings. The summed E-state index contributed by atoms with van der Waals surface area (Å²) in [6, 6.07) is 8.81. The summed E-state index contributed by atoms with van der Waals surface area (Å²) < 4.78 is 35.2. The largest absolute Gasteiger partial charge is 0.496 e. The maximum Gasteiger partial charge on any atom is 0.278 e. The molecule has 4 nitrogen and oxygen atoms in total. The number of amides is 1. The Balaban J connectivity index is 2.71. The second kappa shape index (κ2) is 10.8. The number of allylic oxidation sites excluding steroid dienone is 1. The molecule has 0 fully saturated rings. The molecule has 0 saturated heterocycles. The lowest BCUT2D eigenvalue weighted by Gasteiger charge is -2.16. The summed E-state index contributed by atoms with van der Waals surface area (Å²) in [6.07, 6.45) is 2.26. The molecule has 1 atom stereocenters. The van der Waals surface area contributed by atoms with Gasteiger partial charge in [-0.25, -0.2) is 8.78 Å². The van der Waals surface area contributed by atoms with Crippen LogP contribution in [0.3, 0.4) is 0 Å². The number of ether oxygens (including phenoxy) is 1. The molecule has 0 aliphatic heterocycles. The second-order valence-electron chi connectivity index (χ2n) is 7.95. The summed E-state index contributed by atoms with van der Waals surface area (Å²) in [5, 5.41) is 0. The van der Waals surface area contributed by atoms with E-state index in [9.17, 15) is 9.18 Å². The van der Waals surface area contributed by atoms with Crippen LogP contribution in [0, 0.1) is 17.7 Å². The van der Waals surface area contributed by atoms with E-state index in [1.54, 1.807) is 6.07 Å². The monoisotopic (exact) mass is 440 g/mol. The predicted octanol–water partition coefficient (Wildman–Crippen LogP) is 6.41. The SMILES string of the molecule is C=C(c1cc(C(=O)N=C(N)C(C)C)ccc1/C(F)=C\C(C)CC)c1c(F)cccc1OC. The Morgan fingerprint density at radius 3 is 2.50 bits per heavy atom. The Labute approximate surface area is 188 Å². The molecule has 2 aromatic carbocycles. The first-order valence-corrected chi connectivity index (χ1v) is 10.5. The van der Waals surface area contributed by atoms with Gasteiger partial charge in [0, 0.05) is 17.0 Å². The van der Waals surface area contributed by atoms with E-state index in [4.69, 9.17) is 10.5 Å². The molecule has 0 bridgehead atoms. The number of carbonyl (C=O) groups is 1. The fourth-order valence-corrected chi connectivity index (χ4v) is 3.01. The molecule has 170 valence electrons. The molecule has 2 N–H and O–H groups in total. The molecule has 0 aliphatic rings. The number of benzene rings is 2. The van der Waals surface area contributed by atoms with Crippen molar-refractivity contribution < 1.29 is 18.3 Å². The summed E-state index contributed by atoms with van der Waals surface area (Å²) in [7, 11) is 1.42. The molecular formula is C26H30F2N2O2. The zero-order valence-corrected chi connectivity index (χ0v) is 19.2. The molecular weight excluding hydrogens is 410 g/mol. The van der Waals surface area contributed by atoms with Crippen LogP contribution in [0.4, 0.5) is 8.78 Å². The summed E-state index contributed by atoms with van der Waals surface area (Å²) in [5.74, 6) is -1.27. The van der Waals surface area contributed by atoms with E-state index in [0.717, 1.165) is 6.42 Å². The summed E-state index contributed by atoms with van der Waals surface area (Å²) in [6.45, 7) is 11.5. The van der Waals surface area contributed by atoms with Gasteiger partial charge in [0.15, 0.2) is 0 Å². The van der Waals surface area contributed by atoms with E-state index in [1.807, 2.05) is 27.7 Å². The van der Waals surface area contributed by atoms with E-state index in [-0.39, 0.29) is 51.2 Å². The van der Waals surface area contributed by atoms with Crippen molar-refractivity contribution in [3.05, 3.63) is 77.1 Å². The van der Waals surface area contributed by atoms with Crippen LogP contribution in [0.1, 0.15) is 61.2 Å². The highest BCUT2D eigenvalue weighted by Crippen LogP contribution is 2.37. The maximum atomic E-state index is 15.2. The van der Waals surface area contributed by atoms with Crippen LogP contribution in [0.5, 0.6) is 5.75 Å². The van der Waals surface area contributed by atoms with Crippen LogP contribution >= 0.6 is 0 Å². The zero-order valence-electron chi connectivity index (χ0n) is 19.2. The quantitative estimate of drug-likeness (QED) is 0.381. The Hall–Kier alpha value is -3.28. The number of nitrogens with two attached hydrogens (primary N) is 1. The number of hydrogen-bond donors (Lipinski definition) is 1.